The largest absolute Gasteiger partial charge is 0.463 e. The van der Waals surface area contributed by atoms with Gasteiger partial charge < -0.3 is 18.9 Å². The van der Waals surface area contributed by atoms with Gasteiger partial charge >= 0.3 is 5.97 Å². The van der Waals surface area contributed by atoms with Crippen LogP contribution in [0.1, 0.15) is 71.1 Å². The molecule has 0 spiro atoms. The molecule has 0 aromatic carbocycles. The number of esters is 1. The molecule has 0 bridgehead atoms. The summed E-state index contributed by atoms with van der Waals surface area (Å²) in [6, 6.07) is 0. The molecule has 5 nitrogen and oxygen atoms in total. The number of hydrogen-bond donors (Lipinski definition) is 0. The van der Waals surface area contributed by atoms with Crippen LogP contribution in [0.3, 0.4) is 0 Å². The van der Waals surface area contributed by atoms with Crippen molar-refractivity contribution < 1.29 is 23.7 Å². The fourth-order valence-corrected chi connectivity index (χ4v) is 2.89. The first-order chi connectivity index (χ1) is 12.8. The van der Waals surface area contributed by atoms with Gasteiger partial charge in [-0.2, -0.15) is 0 Å². The van der Waals surface area contributed by atoms with E-state index in [2.05, 4.69) is 29.5 Å². The van der Waals surface area contributed by atoms with E-state index in [1.54, 1.807) is 0 Å². The molecule has 0 aromatic rings. The number of halogens is 1. The van der Waals surface area contributed by atoms with Crippen molar-refractivity contribution in [2.75, 3.05) is 50.7 Å². The Hall–Kier alpha value is 0.0800. The third-order valence-electron chi connectivity index (χ3n) is 3.89. The van der Waals surface area contributed by atoms with E-state index in [1.165, 1.54) is 43.0 Å². The highest BCUT2D eigenvalue weighted by Crippen LogP contribution is 2.05. The molecule has 0 amide bonds. The van der Waals surface area contributed by atoms with E-state index in [9.17, 15) is 4.79 Å². The first-order valence-electron chi connectivity index (χ1n) is 10.3. The lowest BCUT2D eigenvalue weighted by Crippen LogP contribution is -2.14. The number of ether oxygens (including phenoxy) is 4. The van der Waals surface area contributed by atoms with Crippen LogP contribution < -0.4 is 0 Å². The standard InChI is InChI=1S/C20H39IO5/c1-2-3-4-5-8-11-20(22)26-19-18-25-17-16-24-15-14-23-13-10-7-6-9-12-21/h2-19H2,1H3. The van der Waals surface area contributed by atoms with Crippen molar-refractivity contribution in [2.24, 2.45) is 0 Å². The number of alkyl halides is 1. The highest BCUT2D eigenvalue weighted by atomic mass is 127. The van der Waals surface area contributed by atoms with Gasteiger partial charge in [-0.25, -0.2) is 0 Å². The second-order valence-electron chi connectivity index (χ2n) is 6.32. The molecule has 0 heterocycles. The summed E-state index contributed by atoms with van der Waals surface area (Å²) < 4.78 is 22.7. The molecule has 26 heavy (non-hydrogen) atoms. The molecule has 0 N–H and O–H groups in total. The van der Waals surface area contributed by atoms with Crippen molar-refractivity contribution in [3.05, 3.63) is 0 Å². The van der Waals surface area contributed by atoms with Gasteiger partial charge in [0.1, 0.15) is 6.61 Å². The minimum Gasteiger partial charge on any atom is -0.463 e. The maximum atomic E-state index is 11.5. The number of carbonyl (C=O) groups excluding carboxylic acids is 1. The number of unbranched alkanes of at least 4 members (excludes halogenated alkanes) is 7. The number of rotatable bonds is 21. The SMILES string of the molecule is CCCCCCCC(=O)OCCOCCOCCOCCCCCCI. The molecule has 0 fully saturated rings. The van der Waals surface area contributed by atoms with Gasteiger partial charge in [-0.05, 0) is 23.7 Å². The zero-order chi connectivity index (χ0) is 19.1. The van der Waals surface area contributed by atoms with Gasteiger partial charge in [0.15, 0.2) is 0 Å². The highest BCUT2D eigenvalue weighted by molar-refractivity contribution is 14.1. The van der Waals surface area contributed by atoms with Gasteiger partial charge in [-0.3, -0.25) is 4.79 Å². The van der Waals surface area contributed by atoms with Crippen LogP contribution in [0.15, 0.2) is 0 Å². The fraction of sp³-hybridized carbons (Fsp3) is 0.950. The molecule has 0 saturated heterocycles. The molecule has 156 valence electrons. The average Bonchev–Trinajstić information content (AvgIpc) is 2.64. The maximum absolute atomic E-state index is 11.5. The van der Waals surface area contributed by atoms with Crippen molar-refractivity contribution in [1.29, 1.82) is 0 Å². The number of hydrogen-bond acceptors (Lipinski definition) is 5. The first-order valence-corrected chi connectivity index (χ1v) is 11.8. The van der Waals surface area contributed by atoms with Crippen LogP contribution in [0.25, 0.3) is 0 Å². The minimum atomic E-state index is -0.118. The van der Waals surface area contributed by atoms with E-state index in [0.29, 0.717) is 46.1 Å². The molecular formula is C20H39IO5. The van der Waals surface area contributed by atoms with Crippen LogP contribution in [0.4, 0.5) is 0 Å². The Kier molecular flexibility index (Phi) is 23.2. The summed E-state index contributed by atoms with van der Waals surface area (Å²) in [5.41, 5.74) is 0. The van der Waals surface area contributed by atoms with Crippen molar-refractivity contribution in [1.82, 2.24) is 0 Å². The van der Waals surface area contributed by atoms with E-state index < -0.39 is 0 Å². The second kappa shape index (κ2) is 23.1. The van der Waals surface area contributed by atoms with Crippen molar-refractivity contribution >= 4 is 28.6 Å². The molecular weight excluding hydrogens is 447 g/mol. The summed E-state index contributed by atoms with van der Waals surface area (Å²) in [6.45, 7) is 6.07. The van der Waals surface area contributed by atoms with E-state index in [-0.39, 0.29) is 5.97 Å². The van der Waals surface area contributed by atoms with E-state index in [1.807, 2.05) is 0 Å². The zero-order valence-electron chi connectivity index (χ0n) is 16.6. The lowest BCUT2D eigenvalue weighted by Gasteiger charge is -2.07. The monoisotopic (exact) mass is 486 g/mol. The highest BCUT2D eigenvalue weighted by Gasteiger charge is 2.02. The summed E-state index contributed by atoms with van der Waals surface area (Å²) >= 11 is 2.42. The lowest BCUT2D eigenvalue weighted by molar-refractivity contribution is -0.145. The molecule has 0 saturated carbocycles. The Morgan fingerprint density at radius 3 is 1.85 bits per heavy atom. The lowest BCUT2D eigenvalue weighted by atomic mass is 10.1. The number of carbonyl (C=O) groups is 1. The smallest absolute Gasteiger partial charge is 0.305 e. The predicted molar refractivity (Wildman–Crippen MR) is 114 cm³/mol. The Balaban J connectivity index is 3.09. The molecule has 0 aliphatic rings. The normalized spacial score (nSPS) is 11.0. The third-order valence-corrected chi connectivity index (χ3v) is 4.65. The molecule has 0 atom stereocenters. The maximum Gasteiger partial charge on any atom is 0.305 e. The summed E-state index contributed by atoms with van der Waals surface area (Å²) in [5.74, 6) is -0.118. The topological polar surface area (TPSA) is 54.0 Å². The zero-order valence-corrected chi connectivity index (χ0v) is 18.8. The van der Waals surface area contributed by atoms with Crippen LogP contribution in [-0.4, -0.2) is 56.6 Å². The van der Waals surface area contributed by atoms with Crippen LogP contribution in [0.5, 0.6) is 0 Å². The Bertz CT molecular complexity index is 289. The Labute approximate surface area is 174 Å². The average molecular weight is 486 g/mol. The molecule has 0 aliphatic carbocycles. The summed E-state index contributed by atoms with van der Waals surface area (Å²) in [5, 5.41) is 0. The van der Waals surface area contributed by atoms with Crippen molar-refractivity contribution in [3.8, 4) is 0 Å². The Morgan fingerprint density at radius 2 is 1.19 bits per heavy atom. The predicted octanol–water partition coefficient (Wildman–Crippen LogP) is 4.94. The van der Waals surface area contributed by atoms with Crippen LogP contribution in [0.2, 0.25) is 0 Å². The molecule has 0 aromatic heterocycles. The van der Waals surface area contributed by atoms with Crippen molar-refractivity contribution in [2.45, 2.75) is 71.1 Å². The molecule has 0 radical (unpaired) electrons. The van der Waals surface area contributed by atoms with Crippen molar-refractivity contribution in [3.63, 3.8) is 0 Å². The first kappa shape index (κ1) is 26.1. The van der Waals surface area contributed by atoms with Crippen LogP contribution >= 0.6 is 22.6 Å². The minimum absolute atomic E-state index is 0.118. The van der Waals surface area contributed by atoms with Gasteiger partial charge in [0, 0.05) is 13.0 Å². The van der Waals surface area contributed by atoms with Crippen LogP contribution in [-0.2, 0) is 23.7 Å². The van der Waals surface area contributed by atoms with E-state index in [4.69, 9.17) is 18.9 Å². The van der Waals surface area contributed by atoms with E-state index >= 15 is 0 Å². The third kappa shape index (κ3) is 22.1. The van der Waals surface area contributed by atoms with Gasteiger partial charge in [0.05, 0.1) is 33.0 Å². The molecule has 6 heteroatoms. The second-order valence-corrected chi connectivity index (χ2v) is 7.40. The molecule has 0 unspecified atom stereocenters. The van der Waals surface area contributed by atoms with E-state index in [0.717, 1.165) is 25.9 Å². The van der Waals surface area contributed by atoms with Gasteiger partial charge in [-0.15, -0.1) is 0 Å². The molecule has 0 aliphatic heterocycles. The van der Waals surface area contributed by atoms with Gasteiger partial charge in [0.2, 0.25) is 0 Å². The molecule has 0 rings (SSSR count). The summed E-state index contributed by atoms with van der Waals surface area (Å²) in [4.78, 5) is 11.5. The Morgan fingerprint density at radius 1 is 0.654 bits per heavy atom. The van der Waals surface area contributed by atoms with Crippen LogP contribution in [0, 0.1) is 0 Å². The quantitative estimate of drug-likeness (QED) is 0.0997. The fourth-order valence-electron chi connectivity index (χ4n) is 2.35. The van der Waals surface area contributed by atoms with Gasteiger partial charge in [0.25, 0.3) is 0 Å². The summed E-state index contributed by atoms with van der Waals surface area (Å²) in [6.07, 6.45) is 11.2. The van der Waals surface area contributed by atoms with Gasteiger partial charge in [-0.1, -0.05) is 68.0 Å². The summed E-state index contributed by atoms with van der Waals surface area (Å²) in [7, 11) is 0.